The van der Waals surface area contributed by atoms with Crippen molar-refractivity contribution in [1.82, 2.24) is 20.0 Å². The van der Waals surface area contributed by atoms with E-state index < -0.39 is 23.2 Å². The van der Waals surface area contributed by atoms with Crippen LogP contribution in [-0.2, 0) is 17.9 Å². The average molecular weight is 429 g/mol. The number of nitrogens with zero attached hydrogens (tertiary/aromatic N) is 4. The van der Waals surface area contributed by atoms with Gasteiger partial charge in [0.2, 0.25) is 0 Å². The third kappa shape index (κ3) is 2.73. The molecule has 0 bridgehead atoms. The van der Waals surface area contributed by atoms with Gasteiger partial charge in [0, 0.05) is 11.6 Å². The van der Waals surface area contributed by atoms with Crippen molar-refractivity contribution in [2.45, 2.75) is 31.5 Å². The quantitative estimate of drug-likeness (QED) is 0.701. The van der Waals surface area contributed by atoms with Gasteiger partial charge in [-0.15, -0.1) is 10.2 Å². The summed E-state index contributed by atoms with van der Waals surface area (Å²) in [6.07, 6.45) is 1.14. The summed E-state index contributed by atoms with van der Waals surface area (Å²) >= 11 is 4.50. The number of hydrogen-bond acceptors (Lipinski definition) is 5. The van der Waals surface area contributed by atoms with Crippen molar-refractivity contribution in [3.05, 3.63) is 44.3 Å². The molecule has 0 radical (unpaired) electrons. The second-order valence-electron chi connectivity index (χ2n) is 5.98. The van der Waals surface area contributed by atoms with E-state index in [0.717, 1.165) is 17.0 Å². The molecule has 0 unspecified atom stereocenters. The van der Waals surface area contributed by atoms with Crippen LogP contribution < -0.4 is 0 Å². The number of rotatable bonds is 4. The van der Waals surface area contributed by atoms with E-state index in [1.807, 2.05) is 0 Å². The molecule has 1 aromatic carbocycles. The maximum absolute atomic E-state index is 13.9. The van der Waals surface area contributed by atoms with Gasteiger partial charge in [0.1, 0.15) is 22.2 Å². The molecule has 6 nitrogen and oxygen atoms in total. The van der Waals surface area contributed by atoms with Gasteiger partial charge in [-0.2, -0.15) is 0 Å². The number of imide groups is 1. The fourth-order valence-corrected chi connectivity index (χ4v) is 4.19. The molecule has 130 valence electrons. The van der Waals surface area contributed by atoms with Gasteiger partial charge in [-0.05, 0) is 34.8 Å². The first-order chi connectivity index (χ1) is 11.9. The largest absolute Gasteiger partial charge is 0.328 e. The molecule has 2 heterocycles. The Morgan fingerprint density at radius 3 is 2.56 bits per heavy atom. The molecule has 1 aliphatic heterocycles. The number of hydrogen-bond donors (Lipinski definition) is 0. The molecule has 0 N–H and O–H groups in total. The summed E-state index contributed by atoms with van der Waals surface area (Å²) in [6, 6.07) is 2.60. The summed E-state index contributed by atoms with van der Waals surface area (Å²) in [7, 11) is 0. The van der Waals surface area contributed by atoms with Crippen LogP contribution in [0, 0.1) is 11.6 Å². The molecule has 0 atom stereocenters. The molecule has 1 saturated carbocycles. The highest BCUT2D eigenvalue weighted by atomic mass is 79.9. The van der Waals surface area contributed by atoms with E-state index in [0.29, 0.717) is 21.8 Å². The molecule has 2 fully saturated rings. The van der Waals surface area contributed by atoms with Gasteiger partial charge >= 0.3 is 6.03 Å². The molecule has 1 aliphatic carbocycles. The number of aromatic nitrogens is 2. The van der Waals surface area contributed by atoms with Crippen LogP contribution in [0.25, 0.3) is 0 Å². The van der Waals surface area contributed by atoms with Gasteiger partial charge in [0.15, 0.2) is 3.92 Å². The lowest BCUT2D eigenvalue weighted by molar-refractivity contribution is -0.129. The summed E-state index contributed by atoms with van der Waals surface area (Å²) < 4.78 is 27.5. The molecule has 25 heavy (non-hydrogen) atoms. The number of halogens is 3. The van der Waals surface area contributed by atoms with Crippen molar-refractivity contribution >= 4 is 39.2 Å². The van der Waals surface area contributed by atoms with Gasteiger partial charge in [-0.25, -0.2) is 13.6 Å². The van der Waals surface area contributed by atoms with E-state index in [-0.39, 0.29) is 24.6 Å². The lowest BCUT2D eigenvalue weighted by Crippen LogP contribution is -2.36. The van der Waals surface area contributed by atoms with E-state index >= 15 is 0 Å². The summed E-state index contributed by atoms with van der Waals surface area (Å²) in [4.78, 5) is 28.0. The van der Waals surface area contributed by atoms with E-state index in [1.165, 1.54) is 22.3 Å². The predicted octanol–water partition coefficient (Wildman–Crippen LogP) is 3.08. The first kappa shape index (κ1) is 16.5. The van der Waals surface area contributed by atoms with E-state index in [9.17, 15) is 18.4 Å². The van der Waals surface area contributed by atoms with Crippen LogP contribution in [0.4, 0.5) is 13.6 Å². The summed E-state index contributed by atoms with van der Waals surface area (Å²) in [5.41, 5.74) is -0.759. The second-order valence-corrected chi connectivity index (χ2v) is 8.31. The van der Waals surface area contributed by atoms with Crippen LogP contribution in [0.15, 0.2) is 22.1 Å². The number of urea groups is 1. The molecular weight excluding hydrogens is 418 g/mol. The van der Waals surface area contributed by atoms with Gasteiger partial charge in [-0.1, -0.05) is 17.4 Å². The van der Waals surface area contributed by atoms with Gasteiger partial charge < -0.3 is 4.90 Å². The third-order valence-electron chi connectivity index (χ3n) is 4.42. The Kier molecular flexibility index (Phi) is 3.84. The minimum atomic E-state index is -0.855. The topological polar surface area (TPSA) is 66.4 Å². The average Bonchev–Trinajstić information content (AvgIpc) is 3.23. The van der Waals surface area contributed by atoms with Crippen LogP contribution in [0.5, 0.6) is 0 Å². The zero-order valence-corrected chi connectivity index (χ0v) is 15.1. The molecule has 3 amide bonds. The smallest absolute Gasteiger partial charge is 0.303 e. The number of amides is 3. The van der Waals surface area contributed by atoms with Crippen LogP contribution in [0.3, 0.4) is 0 Å². The Bertz CT molecular complexity index is 886. The molecule has 10 heteroatoms. The van der Waals surface area contributed by atoms with E-state index in [2.05, 4.69) is 26.1 Å². The zero-order chi connectivity index (χ0) is 17.8. The first-order valence-electron chi connectivity index (χ1n) is 7.46. The summed E-state index contributed by atoms with van der Waals surface area (Å²) in [5, 5.41) is 8.41. The summed E-state index contributed by atoms with van der Waals surface area (Å²) in [6.45, 7) is -0.0436. The molecule has 2 aliphatic rings. The van der Waals surface area contributed by atoms with Crippen molar-refractivity contribution in [2.75, 3.05) is 0 Å². The van der Waals surface area contributed by atoms with Crippen LogP contribution >= 0.6 is 27.3 Å². The normalized spacial score (nSPS) is 18.5. The highest BCUT2D eigenvalue weighted by Crippen LogP contribution is 2.49. The molecule has 4 rings (SSSR count). The van der Waals surface area contributed by atoms with Crippen molar-refractivity contribution in [2.24, 2.45) is 0 Å². The highest BCUT2D eigenvalue weighted by molar-refractivity contribution is 9.11. The van der Waals surface area contributed by atoms with Gasteiger partial charge in [0.05, 0.1) is 13.1 Å². The molecule has 2 aromatic rings. The van der Waals surface area contributed by atoms with Crippen molar-refractivity contribution in [1.29, 1.82) is 0 Å². The Hall–Kier alpha value is -1.94. The van der Waals surface area contributed by atoms with Gasteiger partial charge in [0.25, 0.3) is 5.91 Å². The van der Waals surface area contributed by atoms with E-state index in [4.69, 9.17) is 0 Å². The van der Waals surface area contributed by atoms with Crippen molar-refractivity contribution < 1.29 is 18.4 Å². The minimum absolute atomic E-state index is 0.0967. The Labute approximate surface area is 153 Å². The number of carbonyl (C=O) groups excluding carboxylic acids is 2. The van der Waals surface area contributed by atoms with Crippen LogP contribution in [0.2, 0.25) is 0 Å². The van der Waals surface area contributed by atoms with Crippen LogP contribution in [-0.4, -0.2) is 37.5 Å². The second kappa shape index (κ2) is 5.80. The fraction of sp³-hybridized carbons (Fsp3) is 0.333. The molecule has 1 aromatic heterocycles. The monoisotopic (exact) mass is 428 g/mol. The lowest BCUT2D eigenvalue weighted by atomic mass is 10.2. The fourth-order valence-electron chi connectivity index (χ4n) is 3.00. The predicted molar refractivity (Wildman–Crippen MR) is 87.4 cm³/mol. The number of carbonyl (C=O) groups is 2. The maximum atomic E-state index is 13.9. The third-order valence-corrected chi connectivity index (χ3v) is 5.77. The standard InChI is InChI=1S/C15H11BrF2N4O2S/c16-13-20-19-11(25-13)7-22-14(24)21(12(23)15(22)3-4-15)6-8-1-2-9(17)5-10(8)18/h1-2,5H,3-4,6-7H2. The molecule has 1 spiro atoms. The SMILES string of the molecule is O=C1N(Cc2ccc(F)cc2F)C(=O)C2(CC2)N1Cc1nnc(Br)s1. The number of benzene rings is 1. The highest BCUT2D eigenvalue weighted by Gasteiger charge is 2.64. The van der Waals surface area contributed by atoms with Gasteiger partial charge in [-0.3, -0.25) is 9.69 Å². The Morgan fingerprint density at radius 1 is 1.20 bits per heavy atom. The summed E-state index contributed by atoms with van der Waals surface area (Å²) in [5.74, 6) is -1.83. The van der Waals surface area contributed by atoms with Crippen LogP contribution in [0.1, 0.15) is 23.4 Å². The van der Waals surface area contributed by atoms with E-state index in [1.54, 1.807) is 0 Å². The molecule has 1 saturated heterocycles. The Balaban J connectivity index is 1.59. The lowest BCUT2D eigenvalue weighted by Gasteiger charge is -2.19. The maximum Gasteiger partial charge on any atom is 0.328 e. The van der Waals surface area contributed by atoms with Crippen molar-refractivity contribution in [3.63, 3.8) is 0 Å². The molecular formula is C15H11BrF2N4O2S. The minimum Gasteiger partial charge on any atom is -0.303 e. The first-order valence-corrected chi connectivity index (χ1v) is 9.07. The van der Waals surface area contributed by atoms with Crippen molar-refractivity contribution in [3.8, 4) is 0 Å². The Morgan fingerprint density at radius 2 is 1.96 bits per heavy atom. The zero-order valence-electron chi connectivity index (χ0n) is 12.7.